The summed E-state index contributed by atoms with van der Waals surface area (Å²) in [5.74, 6) is 1.27. The van der Waals surface area contributed by atoms with Gasteiger partial charge in [0.1, 0.15) is 17.8 Å². The number of rotatable bonds is 3. The highest BCUT2D eigenvalue weighted by molar-refractivity contribution is 6.30. The van der Waals surface area contributed by atoms with Crippen molar-refractivity contribution in [1.29, 1.82) is 0 Å². The van der Waals surface area contributed by atoms with E-state index in [4.69, 9.17) is 17.3 Å². The van der Waals surface area contributed by atoms with Gasteiger partial charge in [-0.25, -0.2) is 9.97 Å². The normalized spacial score (nSPS) is 21.1. The van der Waals surface area contributed by atoms with Crippen molar-refractivity contribution in [3.63, 3.8) is 0 Å². The Hall–Kier alpha value is -2.07. The third-order valence-electron chi connectivity index (χ3n) is 4.88. The monoisotopic (exact) mass is 326 g/mol. The standard InChI is InChI=1S/C18H19ClN4/c19-14-4-1-12(2-5-14)9-13-3-6-15(10-13)23-8-7-16-17(20)21-11-22-18(16)23/h1-2,4-5,7-8,11,13,15H,3,6,9-10H2,(H2,20,21,22). The lowest BCUT2D eigenvalue weighted by Gasteiger charge is -2.14. The second kappa shape index (κ2) is 5.85. The molecule has 4 rings (SSSR count). The maximum atomic E-state index is 5.96. The average Bonchev–Trinajstić information content (AvgIpc) is 3.17. The summed E-state index contributed by atoms with van der Waals surface area (Å²) in [7, 11) is 0. The van der Waals surface area contributed by atoms with Crippen LogP contribution in [0.15, 0.2) is 42.9 Å². The summed E-state index contributed by atoms with van der Waals surface area (Å²) in [5, 5.41) is 1.75. The molecule has 2 aromatic heterocycles. The first kappa shape index (κ1) is 14.5. The van der Waals surface area contributed by atoms with Gasteiger partial charge in [0.25, 0.3) is 0 Å². The number of halogens is 1. The zero-order valence-corrected chi connectivity index (χ0v) is 13.6. The van der Waals surface area contributed by atoms with Gasteiger partial charge in [0.05, 0.1) is 5.39 Å². The summed E-state index contributed by atoms with van der Waals surface area (Å²) >= 11 is 5.96. The molecule has 0 radical (unpaired) electrons. The van der Waals surface area contributed by atoms with Crippen LogP contribution in [0.3, 0.4) is 0 Å². The lowest BCUT2D eigenvalue weighted by molar-refractivity contribution is 0.483. The molecule has 2 heterocycles. The zero-order chi connectivity index (χ0) is 15.8. The fourth-order valence-corrected chi connectivity index (χ4v) is 3.85. The first-order valence-electron chi connectivity index (χ1n) is 8.02. The van der Waals surface area contributed by atoms with Gasteiger partial charge in [0.2, 0.25) is 0 Å². The van der Waals surface area contributed by atoms with Crippen LogP contribution in [0.1, 0.15) is 30.9 Å². The lowest BCUT2D eigenvalue weighted by Crippen LogP contribution is -2.06. The van der Waals surface area contributed by atoms with E-state index in [2.05, 4.69) is 32.9 Å². The van der Waals surface area contributed by atoms with E-state index >= 15 is 0 Å². The third-order valence-corrected chi connectivity index (χ3v) is 5.14. The van der Waals surface area contributed by atoms with Crippen LogP contribution >= 0.6 is 11.6 Å². The fourth-order valence-electron chi connectivity index (χ4n) is 3.73. The number of aromatic nitrogens is 3. The van der Waals surface area contributed by atoms with Gasteiger partial charge in [-0.1, -0.05) is 23.7 Å². The van der Waals surface area contributed by atoms with Crippen molar-refractivity contribution in [2.45, 2.75) is 31.7 Å². The molecule has 2 atom stereocenters. The van der Waals surface area contributed by atoms with Crippen LogP contribution < -0.4 is 5.73 Å². The van der Waals surface area contributed by atoms with E-state index in [1.54, 1.807) is 6.33 Å². The maximum absolute atomic E-state index is 5.96. The minimum Gasteiger partial charge on any atom is -0.383 e. The van der Waals surface area contributed by atoms with Gasteiger partial charge in [-0.3, -0.25) is 0 Å². The second-order valence-electron chi connectivity index (χ2n) is 6.38. The number of hydrogen-bond acceptors (Lipinski definition) is 3. The SMILES string of the molecule is Nc1ncnc2c1ccn2C1CCC(Cc2ccc(Cl)cc2)C1. The van der Waals surface area contributed by atoms with Crippen LogP contribution in [-0.4, -0.2) is 14.5 Å². The van der Waals surface area contributed by atoms with Gasteiger partial charge in [0.15, 0.2) is 0 Å². The number of anilines is 1. The molecule has 3 aromatic rings. The molecule has 118 valence electrons. The van der Waals surface area contributed by atoms with Crippen LogP contribution in [-0.2, 0) is 6.42 Å². The van der Waals surface area contributed by atoms with Gasteiger partial charge in [0, 0.05) is 17.3 Å². The summed E-state index contributed by atoms with van der Waals surface area (Å²) in [6.45, 7) is 0. The van der Waals surface area contributed by atoms with Crippen molar-refractivity contribution < 1.29 is 0 Å². The molecule has 1 fully saturated rings. The molecule has 0 aliphatic heterocycles. The van der Waals surface area contributed by atoms with Crippen molar-refractivity contribution in [2.75, 3.05) is 5.73 Å². The molecule has 0 amide bonds. The van der Waals surface area contributed by atoms with Crippen molar-refractivity contribution in [2.24, 2.45) is 5.92 Å². The largest absolute Gasteiger partial charge is 0.383 e. The van der Waals surface area contributed by atoms with Crippen LogP contribution in [0.5, 0.6) is 0 Å². The minimum atomic E-state index is 0.499. The molecule has 0 bridgehead atoms. The van der Waals surface area contributed by atoms with Crippen LogP contribution in [0.25, 0.3) is 11.0 Å². The molecule has 1 aliphatic carbocycles. The van der Waals surface area contributed by atoms with Crippen molar-refractivity contribution in [3.05, 3.63) is 53.4 Å². The van der Waals surface area contributed by atoms with Crippen LogP contribution in [0.4, 0.5) is 5.82 Å². The van der Waals surface area contributed by atoms with E-state index < -0.39 is 0 Å². The summed E-state index contributed by atoms with van der Waals surface area (Å²) in [4.78, 5) is 8.49. The number of fused-ring (bicyclic) bond motifs is 1. The highest BCUT2D eigenvalue weighted by Crippen LogP contribution is 2.38. The lowest BCUT2D eigenvalue weighted by atomic mass is 9.98. The quantitative estimate of drug-likeness (QED) is 0.782. The highest BCUT2D eigenvalue weighted by atomic mass is 35.5. The molecule has 2 unspecified atom stereocenters. The van der Waals surface area contributed by atoms with Crippen molar-refractivity contribution >= 4 is 28.5 Å². The number of benzene rings is 1. The summed E-state index contributed by atoms with van der Waals surface area (Å²) in [6.07, 6.45) is 8.37. The van der Waals surface area contributed by atoms with E-state index in [1.165, 1.54) is 24.8 Å². The Bertz CT molecular complexity index is 825. The molecular weight excluding hydrogens is 308 g/mol. The molecule has 5 heteroatoms. The Labute approximate surface area is 140 Å². The predicted molar refractivity (Wildman–Crippen MR) is 93.5 cm³/mol. The van der Waals surface area contributed by atoms with Gasteiger partial charge >= 0.3 is 0 Å². The Morgan fingerprint density at radius 3 is 2.78 bits per heavy atom. The van der Waals surface area contributed by atoms with E-state index in [1.807, 2.05) is 18.2 Å². The summed E-state index contributed by atoms with van der Waals surface area (Å²) in [5.41, 5.74) is 8.25. The third kappa shape index (κ3) is 2.79. The average molecular weight is 327 g/mol. The van der Waals surface area contributed by atoms with Gasteiger partial charge < -0.3 is 10.3 Å². The number of nitrogen functional groups attached to an aromatic ring is 1. The Morgan fingerprint density at radius 2 is 1.96 bits per heavy atom. The van der Waals surface area contributed by atoms with Gasteiger partial charge in [-0.2, -0.15) is 0 Å². The molecule has 1 aromatic carbocycles. The molecular formula is C18H19ClN4. The Balaban J connectivity index is 1.51. The summed E-state index contributed by atoms with van der Waals surface area (Å²) in [6, 6.07) is 10.7. The fraction of sp³-hybridized carbons (Fsp3) is 0.333. The number of nitrogens with zero attached hydrogens (tertiary/aromatic N) is 3. The minimum absolute atomic E-state index is 0.499. The first-order chi connectivity index (χ1) is 11.2. The molecule has 23 heavy (non-hydrogen) atoms. The van der Waals surface area contributed by atoms with Gasteiger partial charge in [-0.15, -0.1) is 0 Å². The van der Waals surface area contributed by atoms with Crippen molar-refractivity contribution in [3.8, 4) is 0 Å². The highest BCUT2D eigenvalue weighted by Gasteiger charge is 2.27. The van der Waals surface area contributed by atoms with Crippen molar-refractivity contribution in [1.82, 2.24) is 14.5 Å². The zero-order valence-electron chi connectivity index (χ0n) is 12.8. The molecule has 1 aliphatic rings. The summed E-state index contributed by atoms with van der Waals surface area (Å²) < 4.78 is 2.27. The van der Waals surface area contributed by atoms with E-state index in [-0.39, 0.29) is 0 Å². The number of hydrogen-bond donors (Lipinski definition) is 1. The molecule has 0 saturated heterocycles. The Morgan fingerprint density at radius 1 is 1.13 bits per heavy atom. The van der Waals surface area contributed by atoms with Gasteiger partial charge in [-0.05, 0) is 55.4 Å². The van der Waals surface area contributed by atoms with Crippen LogP contribution in [0, 0.1) is 5.92 Å². The first-order valence-corrected chi connectivity index (χ1v) is 8.40. The predicted octanol–water partition coefficient (Wildman–Crippen LogP) is 4.25. The molecule has 0 spiro atoms. The molecule has 2 N–H and O–H groups in total. The van der Waals surface area contributed by atoms with Crippen LogP contribution in [0.2, 0.25) is 5.02 Å². The van der Waals surface area contributed by atoms with E-state index in [0.717, 1.165) is 22.5 Å². The maximum Gasteiger partial charge on any atom is 0.145 e. The Kier molecular flexibility index (Phi) is 3.69. The number of nitrogens with two attached hydrogens (primary N) is 1. The second-order valence-corrected chi connectivity index (χ2v) is 6.82. The topological polar surface area (TPSA) is 56.7 Å². The van der Waals surface area contributed by atoms with E-state index in [9.17, 15) is 0 Å². The smallest absolute Gasteiger partial charge is 0.145 e. The molecule has 1 saturated carbocycles. The van der Waals surface area contributed by atoms with E-state index in [0.29, 0.717) is 17.8 Å². The molecule has 4 nitrogen and oxygen atoms in total.